The van der Waals surface area contributed by atoms with E-state index in [0.29, 0.717) is 23.4 Å². The van der Waals surface area contributed by atoms with Crippen molar-refractivity contribution in [2.24, 2.45) is 7.05 Å². The lowest BCUT2D eigenvalue weighted by Gasteiger charge is -2.32. The van der Waals surface area contributed by atoms with Crippen LogP contribution in [0.5, 0.6) is 0 Å². The van der Waals surface area contributed by atoms with Gasteiger partial charge in [-0.15, -0.1) is 0 Å². The zero-order valence-electron chi connectivity index (χ0n) is 22.7. The summed E-state index contributed by atoms with van der Waals surface area (Å²) in [6.45, 7) is 2.81. The van der Waals surface area contributed by atoms with Crippen LogP contribution in [-0.2, 0) is 13.6 Å². The van der Waals surface area contributed by atoms with E-state index in [1.165, 1.54) is 23.9 Å². The number of hydrogen-bond acceptors (Lipinski definition) is 7. The van der Waals surface area contributed by atoms with E-state index >= 15 is 0 Å². The van der Waals surface area contributed by atoms with E-state index in [9.17, 15) is 4.39 Å². The maximum atomic E-state index is 14.0. The molecule has 3 aromatic heterocycles. The van der Waals surface area contributed by atoms with Gasteiger partial charge in [-0.2, -0.15) is 5.26 Å². The van der Waals surface area contributed by atoms with Crippen LogP contribution in [0, 0.1) is 17.1 Å². The molecule has 0 aliphatic carbocycles. The molecule has 2 aromatic carbocycles. The van der Waals surface area contributed by atoms with Crippen LogP contribution in [0.3, 0.4) is 0 Å². The molecule has 5 aromatic rings. The molecule has 0 amide bonds. The van der Waals surface area contributed by atoms with Crippen LogP contribution in [-0.4, -0.2) is 48.5 Å². The first-order valence-corrected chi connectivity index (χ1v) is 13.6. The summed E-state index contributed by atoms with van der Waals surface area (Å²) >= 11 is 0. The number of benzene rings is 2. The Morgan fingerprint density at radius 3 is 2.41 bits per heavy atom. The average Bonchev–Trinajstić information content (AvgIpc) is 3.36. The minimum atomic E-state index is -0.341. The van der Waals surface area contributed by atoms with Crippen molar-refractivity contribution in [3.63, 3.8) is 0 Å². The van der Waals surface area contributed by atoms with Gasteiger partial charge in [-0.25, -0.2) is 19.3 Å². The summed E-state index contributed by atoms with van der Waals surface area (Å²) in [5.74, 6) is 1.16. The minimum absolute atomic E-state index is 0.180. The SMILES string of the molecule is Cn1c(-c2cc(F)ccn2)nc(-c2ccc(CN3CCC(Nc4ccnc(C#N)n4)CC3)cc2)c1-c1ccccc1. The van der Waals surface area contributed by atoms with E-state index in [0.717, 1.165) is 55.0 Å². The van der Waals surface area contributed by atoms with Crippen molar-refractivity contribution in [1.82, 2.24) is 29.4 Å². The van der Waals surface area contributed by atoms with E-state index in [-0.39, 0.29) is 11.6 Å². The predicted molar refractivity (Wildman–Crippen MR) is 156 cm³/mol. The summed E-state index contributed by atoms with van der Waals surface area (Å²) in [5, 5.41) is 12.5. The third-order valence-corrected chi connectivity index (χ3v) is 7.42. The Morgan fingerprint density at radius 2 is 1.68 bits per heavy atom. The number of pyridine rings is 1. The van der Waals surface area contributed by atoms with Gasteiger partial charge in [-0.05, 0) is 30.5 Å². The van der Waals surface area contributed by atoms with Gasteiger partial charge >= 0.3 is 0 Å². The number of anilines is 1. The summed E-state index contributed by atoms with van der Waals surface area (Å²) in [5.41, 5.74) is 5.55. The number of likely N-dealkylation sites (tertiary alicyclic amines) is 1. The Labute approximate surface area is 238 Å². The monoisotopic (exact) mass is 544 g/mol. The van der Waals surface area contributed by atoms with Gasteiger partial charge in [0.05, 0.1) is 11.4 Å². The fraction of sp³-hybridized carbons (Fsp3) is 0.219. The fourth-order valence-electron chi connectivity index (χ4n) is 5.35. The van der Waals surface area contributed by atoms with Crippen molar-refractivity contribution >= 4 is 5.82 Å². The molecule has 41 heavy (non-hydrogen) atoms. The number of halogens is 1. The van der Waals surface area contributed by atoms with Crippen molar-refractivity contribution in [3.8, 4) is 40.1 Å². The molecule has 6 rings (SSSR count). The van der Waals surface area contributed by atoms with E-state index in [1.807, 2.05) is 35.9 Å². The summed E-state index contributed by atoms with van der Waals surface area (Å²) in [6, 6.07) is 25.5. The van der Waals surface area contributed by atoms with Crippen LogP contribution < -0.4 is 5.32 Å². The summed E-state index contributed by atoms with van der Waals surface area (Å²) in [4.78, 5) is 20.0. The third-order valence-electron chi connectivity index (χ3n) is 7.42. The van der Waals surface area contributed by atoms with Crippen molar-refractivity contribution < 1.29 is 4.39 Å². The molecule has 0 spiro atoms. The molecule has 1 aliphatic rings. The molecule has 0 bridgehead atoms. The van der Waals surface area contributed by atoms with Crippen molar-refractivity contribution in [1.29, 1.82) is 5.26 Å². The standard InChI is InChI=1S/C32H29FN8/c1-40-31(24-5-3-2-4-6-24)30(39-32(40)27-19-25(33)11-15-35-27)23-9-7-22(8-10-23)21-41-17-13-26(14-18-41)37-28-12-16-36-29(20-34)38-28/h2-12,15-16,19,26H,13-14,17-18,21H2,1H3,(H,36,37,38). The lowest BCUT2D eigenvalue weighted by atomic mass is 10.0. The molecule has 9 heteroatoms. The van der Waals surface area contributed by atoms with Gasteiger partial charge in [0.1, 0.15) is 23.4 Å². The molecule has 0 atom stereocenters. The van der Waals surface area contributed by atoms with Crippen molar-refractivity contribution in [2.45, 2.75) is 25.4 Å². The largest absolute Gasteiger partial charge is 0.367 e. The number of nitriles is 1. The van der Waals surface area contributed by atoms with Gasteiger partial charge in [0.25, 0.3) is 0 Å². The number of rotatable bonds is 7. The number of imidazole rings is 1. The molecule has 204 valence electrons. The van der Waals surface area contributed by atoms with Crippen LogP contribution in [0.2, 0.25) is 0 Å². The second kappa shape index (κ2) is 11.7. The lowest BCUT2D eigenvalue weighted by Crippen LogP contribution is -2.38. The summed E-state index contributed by atoms with van der Waals surface area (Å²) < 4.78 is 16.0. The van der Waals surface area contributed by atoms with Gasteiger partial charge in [0.15, 0.2) is 5.82 Å². The topological polar surface area (TPSA) is 95.5 Å². The molecule has 1 fully saturated rings. The van der Waals surface area contributed by atoms with Gasteiger partial charge < -0.3 is 9.88 Å². The molecule has 8 nitrogen and oxygen atoms in total. The van der Waals surface area contributed by atoms with Gasteiger partial charge in [-0.3, -0.25) is 9.88 Å². The first-order chi connectivity index (χ1) is 20.1. The zero-order valence-corrected chi connectivity index (χ0v) is 22.7. The zero-order chi connectivity index (χ0) is 28.2. The molecule has 1 N–H and O–H groups in total. The van der Waals surface area contributed by atoms with Crippen LogP contribution in [0.4, 0.5) is 10.2 Å². The number of piperidine rings is 1. The van der Waals surface area contributed by atoms with Crippen LogP contribution in [0.25, 0.3) is 34.0 Å². The van der Waals surface area contributed by atoms with Gasteiger partial charge in [0, 0.05) is 62.3 Å². The lowest BCUT2D eigenvalue weighted by molar-refractivity contribution is 0.211. The van der Waals surface area contributed by atoms with Crippen LogP contribution in [0.15, 0.2) is 85.2 Å². The predicted octanol–water partition coefficient (Wildman–Crippen LogP) is 5.69. The molecule has 1 aliphatic heterocycles. The normalized spacial score (nSPS) is 14.1. The van der Waals surface area contributed by atoms with E-state index in [1.54, 1.807) is 12.3 Å². The Hall–Kier alpha value is -4.94. The Morgan fingerprint density at radius 1 is 0.927 bits per heavy atom. The van der Waals surface area contributed by atoms with Crippen LogP contribution >= 0.6 is 0 Å². The smallest absolute Gasteiger partial charge is 0.234 e. The maximum Gasteiger partial charge on any atom is 0.234 e. The highest BCUT2D eigenvalue weighted by Crippen LogP contribution is 2.35. The van der Waals surface area contributed by atoms with Gasteiger partial charge in [-0.1, -0.05) is 54.6 Å². The van der Waals surface area contributed by atoms with E-state index < -0.39 is 0 Å². The highest BCUT2D eigenvalue weighted by Gasteiger charge is 2.22. The second-order valence-corrected chi connectivity index (χ2v) is 10.2. The van der Waals surface area contributed by atoms with Gasteiger partial charge in [0.2, 0.25) is 5.82 Å². The number of nitrogens with zero attached hydrogens (tertiary/aromatic N) is 7. The molecular weight excluding hydrogens is 515 g/mol. The molecule has 4 heterocycles. The third kappa shape index (κ3) is 5.83. The number of hydrogen-bond donors (Lipinski definition) is 1. The van der Waals surface area contributed by atoms with E-state index in [2.05, 4.69) is 61.6 Å². The fourth-order valence-corrected chi connectivity index (χ4v) is 5.35. The number of aromatic nitrogens is 5. The van der Waals surface area contributed by atoms with E-state index in [4.69, 9.17) is 10.2 Å². The Bertz CT molecular complexity index is 1680. The Kier molecular flexibility index (Phi) is 7.48. The first-order valence-electron chi connectivity index (χ1n) is 13.6. The Balaban J connectivity index is 1.17. The molecular formula is C32H29FN8. The highest BCUT2D eigenvalue weighted by atomic mass is 19.1. The average molecular weight is 545 g/mol. The quantitative estimate of drug-likeness (QED) is 0.281. The molecule has 0 radical (unpaired) electrons. The highest BCUT2D eigenvalue weighted by molar-refractivity contribution is 5.81. The minimum Gasteiger partial charge on any atom is -0.367 e. The van der Waals surface area contributed by atoms with Crippen molar-refractivity contribution in [3.05, 3.63) is 102 Å². The maximum absolute atomic E-state index is 14.0. The van der Waals surface area contributed by atoms with Crippen molar-refractivity contribution in [2.75, 3.05) is 18.4 Å². The molecule has 1 saturated heterocycles. The first kappa shape index (κ1) is 26.3. The number of nitrogens with one attached hydrogen (secondary N) is 1. The molecule has 0 saturated carbocycles. The summed E-state index contributed by atoms with van der Waals surface area (Å²) in [7, 11) is 1.95. The second-order valence-electron chi connectivity index (χ2n) is 10.2. The van der Waals surface area contributed by atoms with Crippen LogP contribution in [0.1, 0.15) is 24.2 Å². The molecule has 0 unspecified atom stereocenters. The summed E-state index contributed by atoms with van der Waals surface area (Å²) in [6.07, 6.45) is 5.07.